The molecule has 1 N–H and O–H groups in total. The Bertz CT molecular complexity index is 976. The van der Waals surface area contributed by atoms with E-state index < -0.39 is 0 Å². The molecule has 1 aliphatic heterocycles. The van der Waals surface area contributed by atoms with Crippen molar-refractivity contribution in [2.75, 3.05) is 12.4 Å². The molecule has 0 aromatic heterocycles. The average Bonchev–Trinajstić information content (AvgIpc) is 3.00. The summed E-state index contributed by atoms with van der Waals surface area (Å²) in [5, 5.41) is 13.4. The largest absolute Gasteiger partial charge is 0.386 e. The highest BCUT2D eigenvalue weighted by Crippen LogP contribution is 2.53. The van der Waals surface area contributed by atoms with Crippen LogP contribution in [0.5, 0.6) is 0 Å². The highest BCUT2D eigenvalue weighted by molar-refractivity contribution is 7.19. The third kappa shape index (κ3) is 3.35. The number of nitriles is 1. The van der Waals surface area contributed by atoms with Crippen molar-refractivity contribution in [3.8, 4) is 27.0 Å². The van der Waals surface area contributed by atoms with Gasteiger partial charge in [0.05, 0.1) is 16.1 Å². The quantitative estimate of drug-likeness (QED) is 0.521. The van der Waals surface area contributed by atoms with Crippen molar-refractivity contribution >= 4 is 17.0 Å². The minimum absolute atomic E-state index is 0.00105. The van der Waals surface area contributed by atoms with Gasteiger partial charge < -0.3 is 5.32 Å². The molecule has 0 spiro atoms. The molecule has 1 heterocycles. The minimum Gasteiger partial charge on any atom is -0.386 e. The van der Waals surface area contributed by atoms with E-state index in [1.54, 1.807) is 11.3 Å². The van der Waals surface area contributed by atoms with Crippen LogP contribution >= 0.6 is 11.3 Å². The summed E-state index contributed by atoms with van der Waals surface area (Å²) in [5.41, 5.74) is 6.67. The fraction of sp³-hybridized carbons (Fsp3) is 0.375. The summed E-state index contributed by atoms with van der Waals surface area (Å²) in [6.07, 6.45) is 0. The number of hydrogen-bond acceptors (Lipinski definition) is 3. The third-order valence-electron chi connectivity index (χ3n) is 4.97. The number of rotatable bonds is 2. The van der Waals surface area contributed by atoms with Gasteiger partial charge in [-0.25, -0.2) is 0 Å². The van der Waals surface area contributed by atoms with Gasteiger partial charge in [-0.2, -0.15) is 5.26 Å². The van der Waals surface area contributed by atoms with Crippen molar-refractivity contribution < 1.29 is 0 Å². The van der Waals surface area contributed by atoms with E-state index in [-0.39, 0.29) is 10.8 Å². The van der Waals surface area contributed by atoms with Gasteiger partial charge in [-0.05, 0) is 27.5 Å². The number of nitrogens with zero attached hydrogens (tertiary/aromatic N) is 1. The van der Waals surface area contributed by atoms with Gasteiger partial charge in [0.1, 0.15) is 6.07 Å². The second-order valence-corrected chi connectivity index (χ2v) is 10.1. The molecule has 0 saturated carbocycles. The van der Waals surface area contributed by atoms with Gasteiger partial charge >= 0.3 is 0 Å². The Balaban J connectivity index is 2.51. The van der Waals surface area contributed by atoms with E-state index in [4.69, 9.17) is 0 Å². The molecular formula is C24H28N2S. The summed E-state index contributed by atoms with van der Waals surface area (Å²) in [5.74, 6) is 0. The predicted octanol–water partition coefficient (Wildman–Crippen LogP) is 7.03. The maximum absolute atomic E-state index is 10.0. The Morgan fingerprint density at radius 3 is 1.96 bits per heavy atom. The van der Waals surface area contributed by atoms with Crippen molar-refractivity contribution in [2.24, 2.45) is 0 Å². The third-order valence-corrected chi connectivity index (χ3v) is 6.25. The second-order valence-electron chi connectivity index (χ2n) is 9.08. The zero-order valence-corrected chi connectivity index (χ0v) is 18.1. The molecule has 0 unspecified atom stereocenters. The molecule has 1 aromatic rings. The molecule has 2 nitrogen and oxygen atoms in total. The molecular weight excluding hydrogens is 348 g/mol. The molecule has 0 radical (unpaired) electrons. The lowest BCUT2D eigenvalue weighted by molar-refractivity contribution is 0.581. The normalized spacial score (nSPS) is 12.2. The summed E-state index contributed by atoms with van der Waals surface area (Å²) < 4.78 is 0. The van der Waals surface area contributed by atoms with Crippen LogP contribution < -0.4 is 5.32 Å². The molecule has 0 atom stereocenters. The van der Waals surface area contributed by atoms with E-state index >= 15 is 0 Å². The lowest BCUT2D eigenvalue weighted by Gasteiger charge is -2.24. The maximum Gasteiger partial charge on any atom is 0.103 e. The zero-order chi connectivity index (χ0) is 20.0. The predicted molar refractivity (Wildman–Crippen MR) is 118 cm³/mol. The van der Waals surface area contributed by atoms with Crippen LogP contribution in [0.15, 0.2) is 36.4 Å². The van der Waals surface area contributed by atoms with Gasteiger partial charge in [0.2, 0.25) is 0 Å². The number of hydrogen-bond donors (Lipinski definition) is 1. The van der Waals surface area contributed by atoms with Crippen LogP contribution in [0.25, 0.3) is 20.9 Å². The Morgan fingerprint density at radius 2 is 1.48 bits per heavy atom. The van der Waals surface area contributed by atoms with Crippen LogP contribution in [0.4, 0.5) is 5.69 Å². The number of nitrogens with one attached hydrogen (secondary N) is 1. The van der Waals surface area contributed by atoms with Crippen LogP contribution in [-0.2, 0) is 10.8 Å². The Labute approximate surface area is 167 Å². The Kier molecular flexibility index (Phi) is 4.82. The van der Waals surface area contributed by atoms with E-state index in [2.05, 4.69) is 71.1 Å². The molecule has 0 bridgehead atoms. The minimum atomic E-state index is 0.00105. The van der Waals surface area contributed by atoms with Crippen LogP contribution in [0.1, 0.15) is 58.2 Å². The zero-order valence-electron chi connectivity index (χ0n) is 17.3. The molecule has 0 amide bonds. The van der Waals surface area contributed by atoms with Gasteiger partial charge in [-0.1, -0.05) is 77.9 Å². The first kappa shape index (κ1) is 19.5. The van der Waals surface area contributed by atoms with Crippen molar-refractivity contribution in [3.05, 3.63) is 53.1 Å². The highest BCUT2D eigenvalue weighted by Gasteiger charge is 2.33. The van der Waals surface area contributed by atoms with E-state index in [0.717, 1.165) is 21.7 Å². The van der Waals surface area contributed by atoms with Gasteiger partial charge in [0, 0.05) is 17.5 Å². The molecule has 1 aromatic carbocycles. The van der Waals surface area contributed by atoms with Gasteiger partial charge in [0.15, 0.2) is 0 Å². The summed E-state index contributed by atoms with van der Waals surface area (Å²) >= 11 is 1.75. The Morgan fingerprint density at radius 1 is 0.889 bits per heavy atom. The molecule has 140 valence electrons. The molecule has 3 rings (SSSR count). The van der Waals surface area contributed by atoms with E-state index in [1.165, 1.54) is 21.6 Å². The Hall–Kier alpha value is -2.31. The van der Waals surface area contributed by atoms with Gasteiger partial charge in [0.25, 0.3) is 0 Å². The van der Waals surface area contributed by atoms with Crippen LogP contribution in [-0.4, -0.2) is 7.05 Å². The van der Waals surface area contributed by atoms with Crippen molar-refractivity contribution in [1.29, 1.82) is 5.26 Å². The number of benzene rings is 1. The maximum atomic E-state index is 10.0. The average molecular weight is 377 g/mol. The van der Waals surface area contributed by atoms with E-state index in [1.807, 2.05) is 25.2 Å². The first-order chi connectivity index (χ1) is 12.6. The molecule has 1 aliphatic carbocycles. The van der Waals surface area contributed by atoms with E-state index in [9.17, 15) is 5.26 Å². The van der Waals surface area contributed by atoms with Crippen LogP contribution in [0.2, 0.25) is 0 Å². The summed E-state index contributed by atoms with van der Waals surface area (Å²) in [4.78, 5) is 2.32. The molecule has 3 heteroatoms. The standard InChI is InChI=1S/C24H28N2S/c1-23(2,3)17-13-18(24(4,5)6)22-19(17)20(26-7)16(14-25)21(27-22)15-11-9-8-10-12-15/h8-13,26H,1-7H3. The monoisotopic (exact) mass is 376 g/mol. The molecule has 0 fully saturated rings. The SMILES string of the molecule is CNc1c(C#N)c(-c2ccccc2)sc2c(C(C)(C)C)cc(C(C)(C)C)c1-2. The lowest BCUT2D eigenvalue weighted by Crippen LogP contribution is -2.12. The van der Waals surface area contributed by atoms with Gasteiger partial charge in [-0.3, -0.25) is 0 Å². The van der Waals surface area contributed by atoms with Crippen LogP contribution in [0.3, 0.4) is 0 Å². The summed E-state index contributed by atoms with van der Waals surface area (Å²) in [6.45, 7) is 13.5. The number of anilines is 1. The molecule has 0 saturated heterocycles. The second kappa shape index (κ2) is 6.69. The van der Waals surface area contributed by atoms with Crippen LogP contribution in [0, 0.1) is 11.3 Å². The fourth-order valence-electron chi connectivity index (χ4n) is 3.58. The topological polar surface area (TPSA) is 35.8 Å². The highest BCUT2D eigenvalue weighted by atomic mass is 32.1. The summed E-state index contributed by atoms with van der Waals surface area (Å²) in [7, 11) is 1.92. The van der Waals surface area contributed by atoms with Crippen molar-refractivity contribution in [3.63, 3.8) is 0 Å². The van der Waals surface area contributed by atoms with E-state index in [0.29, 0.717) is 0 Å². The fourth-order valence-corrected chi connectivity index (χ4v) is 5.08. The molecule has 27 heavy (non-hydrogen) atoms. The molecule has 2 aliphatic rings. The van der Waals surface area contributed by atoms with Gasteiger partial charge in [-0.15, -0.1) is 11.3 Å². The first-order valence-electron chi connectivity index (χ1n) is 9.37. The number of fused-ring (bicyclic) bond motifs is 1. The van der Waals surface area contributed by atoms with Crippen molar-refractivity contribution in [2.45, 2.75) is 52.4 Å². The van der Waals surface area contributed by atoms with Crippen molar-refractivity contribution in [1.82, 2.24) is 0 Å². The lowest BCUT2D eigenvalue weighted by atomic mass is 9.85. The summed E-state index contributed by atoms with van der Waals surface area (Å²) in [6, 6.07) is 15.1. The first-order valence-corrected chi connectivity index (χ1v) is 10.2. The smallest absolute Gasteiger partial charge is 0.103 e.